The molecule has 1 saturated heterocycles. The molecular weight excluding hydrogens is 342 g/mol. The lowest BCUT2D eigenvalue weighted by atomic mass is 10.3. The molecule has 1 fully saturated rings. The second-order valence-corrected chi connectivity index (χ2v) is 6.42. The smallest absolute Gasteiger partial charge is 0.233 e. The summed E-state index contributed by atoms with van der Waals surface area (Å²) < 4.78 is 5.13. The van der Waals surface area contributed by atoms with Gasteiger partial charge in [-0.3, -0.25) is 9.89 Å². The van der Waals surface area contributed by atoms with E-state index < -0.39 is 0 Å². The predicted molar refractivity (Wildman–Crippen MR) is 93.9 cm³/mol. The number of rotatable bonds is 6. The van der Waals surface area contributed by atoms with Gasteiger partial charge >= 0.3 is 0 Å². The Morgan fingerprint density at radius 2 is 2.12 bits per heavy atom. The van der Waals surface area contributed by atoms with E-state index in [4.69, 9.17) is 4.74 Å². The Morgan fingerprint density at radius 1 is 1.32 bits per heavy atom. The number of hydrogen-bond acceptors (Lipinski definition) is 8. The first-order valence-electron chi connectivity index (χ1n) is 8.13. The maximum absolute atomic E-state index is 12.4. The van der Waals surface area contributed by atoms with Crippen LogP contribution in [0.5, 0.6) is 5.88 Å². The Labute approximate surface area is 150 Å². The number of piperazine rings is 1. The highest BCUT2D eigenvalue weighted by Crippen LogP contribution is 2.17. The largest absolute Gasteiger partial charge is 0.481 e. The zero-order valence-electron chi connectivity index (χ0n) is 14.3. The molecule has 10 heteroatoms. The normalized spacial score (nSPS) is 14.6. The van der Waals surface area contributed by atoms with Gasteiger partial charge in [0.2, 0.25) is 22.9 Å². The first kappa shape index (κ1) is 17.5. The summed E-state index contributed by atoms with van der Waals surface area (Å²) in [6, 6.07) is 1.72. The van der Waals surface area contributed by atoms with Crippen LogP contribution in [0.2, 0.25) is 0 Å². The predicted octanol–water partition coefficient (Wildman–Crippen LogP) is 0.607. The van der Waals surface area contributed by atoms with Crippen molar-refractivity contribution in [2.45, 2.75) is 18.5 Å². The molecule has 0 unspecified atom stereocenters. The fraction of sp³-hybridized carbons (Fsp3) is 0.533. The van der Waals surface area contributed by atoms with Crippen LogP contribution in [0, 0.1) is 0 Å². The quantitative estimate of drug-likeness (QED) is 0.745. The molecule has 1 aliphatic rings. The number of nitrogens with zero attached hydrogens (tertiary/aromatic N) is 6. The fourth-order valence-electron chi connectivity index (χ4n) is 2.47. The van der Waals surface area contributed by atoms with E-state index in [1.165, 1.54) is 11.8 Å². The van der Waals surface area contributed by atoms with Crippen molar-refractivity contribution in [2.75, 3.05) is 43.9 Å². The van der Waals surface area contributed by atoms with Gasteiger partial charge in [-0.15, -0.1) is 5.10 Å². The monoisotopic (exact) mass is 363 g/mol. The number of hydrogen-bond donors (Lipinski definition) is 1. The fourth-order valence-corrected chi connectivity index (χ4v) is 3.19. The number of ether oxygens (including phenoxy) is 1. The number of aromatic nitrogens is 5. The molecule has 1 amide bonds. The summed E-state index contributed by atoms with van der Waals surface area (Å²) in [5.74, 6) is 2.45. The number of carbonyl (C=O) groups excluding carboxylic acids is 1. The number of amides is 1. The average Bonchev–Trinajstić information content (AvgIpc) is 3.14. The van der Waals surface area contributed by atoms with Gasteiger partial charge in [0.25, 0.3) is 0 Å². The lowest BCUT2D eigenvalue weighted by Crippen LogP contribution is -2.49. The van der Waals surface area contributed by atoms with Crippen LogP contribution in [0.4, 0.5) is 5.95 Å². The molecule has 0 aromatic carbocycles. The standard InChI is InChI=1S/C15H21N7O2S/c1-3-11-17-15(20-19-11)25-10-13(23)21-6-8-22(9-7-21)14-16-5-4-12(18-14)24-2/h4-5H,3,6-10H2,1-2H3,(H,17,19,20). The molecule has 9 nitrogen and oxygen atoms in total. The number of nitrogens with one attached hydrogen (secondary N) is 1. The molecule has 2 aromatic heterocycles. The minimum atomic E-state index is 0.0964. The number of methoxy groups -OCH3 is 1. The van der Waals surface area contributed by atoms with Gasteiger partial charge in [-0.1, -0.05) is 18.7 Å². The number of carbonyl (C=O) groups is 1. The Balaban J connectivity index is 1.48. The average molecular weight is 363 g/mol. The van der Waals surface area contributed by atoms with Gasteiger partial charge in [0.1, 0.15) is 5.82 Å². The molecular formula is C15H21N7O2S. The third kappa shape index (κ3) is 4.38. The molecule has 2 aromatic rings. The molecule has 25 heavy (non-hydrogen) atoms. The van der Waals surface area contributed by atoms with Gasteiger partial charge in [-0.2, -0.15) is 4.98 Å². The molecule has 0 radical (unpaired) electrons. The zero-order chi connectivity index (χ0) is 17.6. The van der Waals surface area contributed by atoms with E-state index in [9.17, 15) is 4.79 Å². The molecule has 1 N–H and O–H groups in total. The van der Waals surface area contributed by atoms with E-state index in [0.29, 0.717) is 48.9 Å². The van der Waals surface area contributed by atoms with Crippen LogP contribution < -0.4 is 9.64 Å². The van der Waals surface area contributed by atoms with Crippen LogP contribution in [0.3, 0.4) is 0 Å². The second kappa shape index (κ2) is 8.15. The summed E-state index contributed by atoms with van der Waals surface area (Å²) in [5.41, 5.74) is 0. The van der Waals surface area contributed by atoms with Gasteiger partial charge in [-0.25, -0.2) is 9.97 Å². The van der Waals surface area contributed by atoms with Crippen molar-refractivity contribution in [1.29, 1.82) is 0 Å². The van der Waals surface area contributed by atoms with Crippen LogP contribution in [0.1, 0.15) is 12.7 Å². The Bertz CT molecular complexity index is 715. The van der Waals surface area contributed by atoms with E-state index in [1.54, 1.807) is 19.4 Å². The molecule has 0 atom stereocenters. The lowest BCUT2D eigenvalue weighted by molar-refractivity contribution is -0.128. The Kier molecular flexibility index (Phi) is 5.69. The summed E-state index contributed by atoms with van der Waals surface area (Å²) >= 11 is 1.36. The highest BCUT2D eigenvalue weighted by molar-refractivity contribution is 7.99. The van der Waals surface area contributed by atoms with E-state index in [0.717, 1.165) is 12.2 Å². The van der Waals surface area contributed by atoms with Crippen molar-refractivity contribution in [2.24, 2.45) is 0 Å². The number of H-pyrrole nitrogens is 1. The van der Waals surface area contributed by atoms with E-state index in [1.807, 2.05) is 11.8 Å². The van der Waals surface area contributed by atoms with Gasteiger partial charge in [0.05, 0.1) is 12.9 Å². The number of aryl methyl sites for hydroxylation is 1. The van der Waals surface area contributed by atoms with Gasteiger partial charge in [-0.05, 0) is 0 Å². The molecule has 1 aliphatic heterocycles. The summed E-state index contributed by atoms with van der Waals surface area (Å²) in [5, 5.41) is 7.57. The van der Waals surface area contributed by atoms with Crippen molar-refractivity contribution in [3.8, 4) is 5.88 Å². The van der Waals surface area contributed by atoms with Crippen LogP contribution in [0.15, 0.2) is 17.4 Å². The van der Waals surface area contributed by atoms with Crippen molar-refractivity contribution in [1.82, 2.24) is 30.0 Å². The van der Waals surface area contributed by atoms with Gasteiger partial charge < -0.3 is 14.5 Å². The Hall–Kier alpha value is -2.36. The maximum atomic E-state index is 12.4. The third-order valence-corrected chi connectivity index (χ3v) is 4.74. The van der Waals surface area contributed by atoms with E-state index in [2.05, 4.69) is 30.0 Å². The topological polar surface area (TPSA) is 100 Å². The number of thioether (sulfide) groups is 1. The van der Waals surface area contributed by atoms with Crippen LogP contribution in [-0.4, -0.2) is 75.0 Å². The van der Waals surface area contributed by atoms with Gasteiger partial charge in [0, 0.05) is 44.9 Å². The molecule has 0 aliphatic carbocycles. The number of aromatic amines is 1. The second-order valence-electron chi connectivity index (χ2n) is 5.47. The van der Waals surface area contributed by atoms with Crippen LogP contribution in [-0.2, 0) is 11.2 Å². The van der Waals surface area contributed by atoms with Crippen LogP contribution in [0.25, 0.3) is 0 Å². The summed E-state index contributed by atoms with van der Waals surface area (Å²) in [6.07, 6.45) is 2.48. The first-order chi connectivity index (χ1) is 12.2. The number of anilines is 1. The molecule has 3 heterocycles. The lowest BCUT2D eigenvalue weighted by Gasteiger charge is -2.34. The molecule has 3 rings (SSSR count). The van der Waals surface area contributed by atoms with Crippen LogP contribution >= 0.6 is 11.8 Å². The summed E-state index contributed by atoms with van der Waals surface area (Å²) in [4.78, 5) is 29.2. The van der Waals surface area contributed by atoms with Crippen molar-refractivity contribution < 1.29 is 9.53 Å². The SMILES string of the molecule is CCc1nc(SCC(=O)N2CCN(c3nccc(OC)n3)CC2)n[nH]1. The van der Waals surface area contributed by atoms with Crippen molar-refractivity contribution in [3.05, 3.63) is 18.1 Å². The molecule has 134 valence electrons. The maximum Gasteiger partial charge on any atom is 0.233 e. The Morgan fingerprint density at radius 3 is 2.80 bits per heavy atom. The molecule has 0 saturated carbocycles. The first-order valence-corrected chi connectivity index (χ1v) is 9.12. The highest BCUT2D eigenvalue weighted by Gasteiger charge is 2.23. The summed E-state index contributed by atoms with van der Waals surface area (Å²) in [6.45, 7) is 4.70. The van der Waals surface area contributed by atoms with Crippen molar-refractivity contribution in [3.63, 3.8) is 0 Å². The third-order valence-electron chi connectivity index (χ3n) is 3.91. The van der Waals surface area contributed by atoms with E-state index in [-0.39, 0.29) is 5.91 Å². The molecule has 0 bridgehead atoms. The minimum absolute atomic E-state index is 0.0964. The zero-order valence-corrected chi connectivity index (χ0v) is 15.1. The summed E-state index contributed by atoms with van der Waals surface area (Å²) in [7, 11) is 1.58. The molecule has 0 spiro atoms. The van der Waals surface area contributed by atoms with Gasteiger partial charge in [0.15, 0.2) is 0 Å². The van der Waals surface area contributed by atoms with E-state index >= 15 is 0 Å². The van der Waals surface area contributed by atoms with Crippen molar-refractivity contribution >= 4 is 23.6 Å². The highest BCUT2D eigenvalue weighted by atomic mass is 32.2. The minimum Gasteiger partial charge on any atom is -0.481 e.